The Morgan fingerprint density at radius 3 is 3.00 bits per heavy atom. The van der Waals surface area contributed by atoms with Crippen molar-refractivity contribution < 1.29 is 4.74 Å². The third kappa shape index (κ3) is 3.99. The van der Waals surface area contributed by atoms with Crippen molar-refractivity contribution in [2.75, 3.05) is 19.0 Å². The number of allylic oxidation sites excluding steroid dienone is 1. The number of hydrogen-bond donors (Lipinski definition) is 1. The van der Waals surface area contributed by atoms with Crippen molar-refractivity contribution in [3.05, 3.63) is 40.9 Å². The quantitative estimate of drug-likeness (QED) is 0.604. The molecule has 0 bridgehead atoms. The average molecular weight is 284 g/mol. The van der Waals surface area contributed by atoms with E-state index >= 15 is 0 Å². The molecule has 0 fully saturated rings. The van der Waals surface area contributed by atoms with Gasteiger partial charge < -0.3 is 10.1 Å². The molecule has 0 unspecified atom stereocenters. The van der Waals surface area contributed by atoms with E-state index in [1.54, 1.807) is 7.11 Å². The molecule has 0 saturated carbocycles. The lowest BCUT2D eigenvalue weighted by Gasteiger charge is -2.12. The zero-order chi connectivity index (χ0) is 11.8. The van der Waals surface area contributed by atoms with Crippen molar-refractivity contribution in [2.24, 2.45) is 0 Å². The Labute approximate surface area is 106 Å². The second kappa shape index (κ2) is 7.47. The molecule has 0 aliphatic carbocycles. The van der Waals surface area contributed by atoms with Gasteiger partial charge in [-0.15, -0.1) is 6.58 Å². The number of rotatable bonds is 7. The summed E-state index contributed by atoms with van der Waals surface area (Å²) in [5, 5.41) is 3.42. The summed E-state index contributed by atoms with van der Waals surface area (Å²) in [7, 11) is 1.71. The summed E-state index contributed by atoms with van der Waals surface area (Å²) in [5.41, 5.74) is 2.31. The second-order valence-electron chi connectivity index (χ2n) is 3.56. The maximum atomic E-state index is 5.19. The van der Waals surface area contributed by atoms with Crippen LogP contribution >= 0.6 is 15.9 Å². The van der Waals surface area contributed by atoms with Gasteiger partial charge in [0.2, 0.25) is 0 Å². The van der Waals surface area contributed by atoms with Gasteiger partial charge in [0.15, 0.2) is 0 Å². The lowest BCUT2D eigenvalue weighted by molar-refractivity contribution is 0.185. The minimum atomic E-state index is 0.616. The van der Waals surface area contributed by atoms with E-state index in [-0.39, 0.29) is 0 Å². The van der Waals surface area contributed by atoms with Gasteiger partial charge in [-0.2, -0.15) is 0 Å². The monoisotopic (exact) mass is 283 g/mol. The van der Waals surface area contributed by atoms with Crippen molar-refractivity contribution in [3.8, 4) is 0 Å². The molecule has 0 aromatic heterocycles. The van der Waals surface area contributed by atoms with Crippen LogP contribution in [0.15, 0.2) is 35.3 Å². The fraction of sp³-hybridized carbons (Fsp3) is 0.385. The molecule has 0 amide bonds. The molecule has 1 aromatic carbocycles. The van der Waals surface area contributed by atoms with Crippen LogP contribution in [0.5, 0.6) is 0 Å². The molecule has 2 nitrogen and oxygen atoms in total. The molecule has 3 heteroatoms. The maximum absolute atomic E-state index is 5.19. The second-order valence-corrected chi connectivity index (χ2v) is 4.41. The first-order chi connectivity index (χ1) is 7.79. The highest BCUT2D eigenvalue weighted by molar-refractivity contribution is 9.10. The third-order valence-corrected chi connectivity index (χ3v) is 3.05. The van der Waals surface area contributed by atoms with Crippen molar-refractivity contribution in [2.45, 2.75) is 19.4 Å². The predicted octanol–water partition coefficient (Wildman–Crippen LogP) is 3.97. The zero-order valence-electron chi connectivity index (χ0n) is 9.63. The summed E-state index contributed by atoms with van der Waals surface area (Å²) < 4.78 is 6.28. The zero-order valence-corrected chi connectivity index (χ0v) is 11.2. The highest BCUT2D eigenvalue weighted by Crippen LogP contribution is 2.25. The fourth-order valence-electron chi connectivity index (χ4n) is 1.48. The first kappa shape index (κ1) is 13.3. The first-order valence-electron chi connectivity index (χ1n) is 5.40. The summed E-state index contributed by atoms with van der Waals surface area (Å²) in [6.07, 6.45) is 4.09. The maximum Gasteiger partial charge on any atom is 0.0744 e. The summed E-state index contributed by atoms with van der Waals surface area (Å²) >= 11 is 3.53. The molecule has 1 aromatic rings. The number of halogens is 1. The molecule has 1 rings (SSSR count). The Morgan fingerprint density at radius 1 is 1.50 bits per heavy atom. The number of hydrogen-bond acceptors (Lipinski definition) is 2. The molecule has 0 heterocycles. The molecule has 0 radical (unpaired) electrons. The van der Waals surface area contributed by atoms with E-state index in [0.717, 1.165) is 29.5 Å². The van der Waals surface area contributed by atoms with Gasteiger partial charge in [-0.3, -0.25) is 0 Å². The molecular weight excluding hydrogens is 266 g/mol. The molecule has 1 N–H and O–H groups in total. The molecule has 16 heavy (non-hydrogen) atoms. The summed E-state index contributed by atoms with van der Waals surface area (Å²) in [6.45, 7) is 5.28. The molecule has 0 aliphatic rings. The number of anilines is 1. The SMILES string of the molecule is C=CCCCNc1cccc(Br)c1COC. The van der Waals surface area contributed by atoms with Gasteiger partial charge in [-0.25, -0.2) is 0 Å². The van der Waals surface area contributed by atoms with Crippen molar-refractivity contribution in [1.29, 1.82) is 0 Å². The Kier molecular flexibility index (Phi) is 6.19. The largest absolute Gasteiger partial charge is 0.385 e. The third-order valence-electron chi connectivity index (χ3n) is 2.31. The van der Waals surface area contributed by atoms with Gasteiger partial charge in [-0.05, 0) is 25.0 Å². The number of unbranched alkanes of at least 4 members (excludes halogenated alkanes) is 1. The standard InChI is InChI=1S/C13H18BrNO/c1-3-4-5-9-15-13-8-6-7-12(14)11(13)10-16-2/h3,6-8,15H,1,4-5,9-10H2,2H3. The number of nitrogens with one attached hydrogen (secondary N) is 1. The van der Waals surface area contributed by atoms with Gasteiger partial charge in [-0.1, -0.05) is 28.1 Å². The van der Waals surface area contributed by atoms with E-state index < -0.39 is 0 Å². The predicted molar refractivity (Wildman–Crippen MR) is 72.8 cm³/mol. The Bertz CT molecular complexity index is 339. The van der Waals surface area contributed by atoms with Crippen molar-refractivity contribution >= 4 is 21.6 Å². The summed E-state index contributed by atoms with van der Waals surface area (Å²) in [6, 6.07) is 6.13. The van der Waals surface area contributed by atoms with Crippen LogP contribution in [0.1, 0.15) is 18.4 Å². The highest BCUT2D eigenvalue weighted by Gasteiger charge is 2.05. The summed E-state index contributed by atoms with van der Waals surface area (Å²) in [5.74, 6) is 0. The van der Waals surface area contributed by atoms with Crippen LogP contribution in [-0.2, 0) is 11.3 Å². The van der Waals surface area contributed by atoms with Gasteiger partial charge in [0.1, 0.15) is 0 Å². The first-order valence-corrected chi connectivity index (χ1v) is 6.20. The van der Waals surface area contributed by atoms with Crippen LogP contribution in [0.2, 0.25) is 0 Å². The Hall–Kier alpha value is -0.800. The van der Waals surface area contributed by atoms with Crippen LogP contribution in [-0.4, -0.2) is 13.7 Å². The van der Waals surface area contributed by atoms with Gasteiger partial charge in [0.05, 0.1) is 6.61 Å². The van der Waals surface area contributed by atoms with E-state index in [2.05, 4.69) is 33.9 Å². The Morgan fingerprint density at radius 2 is 2.31 bits per heavy atom. The highest BCUT2D eigenvalue weighted by atomic mass is 79.9. The lowest BCUT2D eigenvalue weighted by atomic mass is 10.2. The van der Waals surface area contributed by atoms with E-state index in [9.17, 15) is 0 Å². The minimum absolute atomic E-state index is 0.616. The van der Waals surface area contributed by atoms with Crippen LogP contribution in [0.25, 0.3) is 0 Å². The molecule has 0 saturated heterocycles. The lowest BCUT2D eigenvalue weighted by Crippen LogP contribution is -2.05. The van der Waals surface area contributed by atoms with Crippen molar-refractivity contribution in [3.63, 3.8) is 0 Å². The minimum Gasteiger partial charge on any atom is -0.385 e. The van der Waals surface area contributed by atoms with E-state index in [1.165, 1.54) is 5.56 Å². The van der Waals surface area contributed by atoms with Gasteiger partial charge in [0.25, 0.3) is 0 Å². The van der Waals surface area contributed by atoms with E-state index in [0.29, 0.717) is 6.61 Å². The van der Waals surface area contributed by atoms with Crippen LogP contribution in [0.4, 0.5) is 5.69 Å². The van der Waals surface area contributed by atoms with E-state index in [1.807, 2.05) is 18.2 Å². The molecule has 88 valence electrons. The van der Waals surface area contributed by atoms with E-state index in [4.69, 9.17) is 4.74 Å². The topological polar surface area (TPSA) is 21.3 Å². The number of ether oxygens (including phenoxy) is 1. The van der Waals surface area contributed by atoms with Gasteiger partial charge >= 0.3 is 0 Å². The number of methoxy groups -OCH3 is 1. The van der Waals surface area contributed by atoms with Crippen LogP contribution in [0, 0.1) is 0 Å². The summed E-state index contributed by atoms with van der Waals surface area (Å²) in [4.78, 5) is 0. The molecule has 0 aliphatic heterocycles. The average Bonchev–Trinajstić information content (AvgIpc) is 2.29. The normalized spacial score (nSPS) is 10.1. The number of benzene rings is 1. The molecule has 0 spiro atoms. The molecule has 0 atom stereocenters. The molecular formula is C13H18BrNO. The Balaban J connectivity index is 2.63. The van der Waals surface area contributed by atoms with Crippen LogP contribution in [0.3, 0.4) is 0 Å². The fourth-order valence-corrected chi connectivity index (χ4v) is 1.97. The van der Waals surface area contributed by atoms with Crippen molar-refractivity contribution in [1.82, 2.24) is 0 Å². The van der Waals surface area contributed by atoms with Gasteiger partial charge in [0, 0.05) is 29.4 Å². The van der Waals surface area contributed by atoms with Crippen LogP contribution < -0.4 is 5.32 Å². The smallest absolute Gasteiger partial charge is 0.0744 e.